The first-order chi connectivity index (χ1) is 14.5. The van der Waals surface area contributed by atoms with Gasteiger partial charge in [-0.1, -0.05) is 12.1 Å². The van der Waals surface area contributed by atoms with Gasteiger partial charge in [0, 0.05) is 42.7 Å². The maximum atomic E-state index is 12.3. The second-order valence-corrected chi connectivity index (χ2v) is 7.66. The maximum absolute atomic E-state index is 12.3. The molecule has 1 fully saturated rings. The molecule has 0 saturated carbocycles. The smallest absolute Gasteiger partial charge is 0.227 e. The molecule has 2 aromatic carbocycles. The molecule has 0 bridgehead atoms. The molecule has 0 radical (unpaired) electrons. The van der Waals surface area contributed by atoms with E-state index in [0.717, 1.165) is 24.2 Å². The van der Waals surface area contributed by atoms with Gasteiger partial charge in [-0.25, -0.2) is 4.98 Å². The van der Waals surface area contributed by atoms with E-state index in [1.807, 2.05) is 30.3 Å². The summed E-state index contributed by atoms with van der Waals surface area (Å²) < 4.78 is 5.82. The molecule has 4 rings (SSSR count). The van der Waals surface area contributed by atoms with Crippen LogP contribution in [0.15, 0.2) is 53.1 Å². The number of hydrogen-bond donors (Lipinski definition) is 1. The largest absolute Gasteiger partial charge is 0.441 e. The van der Waals surface area contributed by atoms with Gasteiger partial charge in [-0.05, 0) is 61.7 Å². The number of aryl methyl sites for hydroxylation is 3. The van der Waals surface area contributed by atoms with E-state index in [-0.39, 0.29) is 18.2 Å². The van der Waals surface area contributed by atoms with Crippen molar-refractivity contribution in [3.05, 3.63) is 65.7 Å². The van der Waals surface area contributed by atoms with Crippen LogP contribution in [-0.4, -0.2) is 23.3 Å². The minimum Gasteiger partial charge on any atom is -0.441 e. The number of hydrogen-bond acceptors (Lipinski definition) is 4. The molecule has 1 N–H and O–H groups in total. The summed E-state index contributed by atoms with van der Waals surface area (Å²) in [4.78, 5) is 30.2. The zero-order valence-electron chi connectivity index (χ0n) is 17.3. The number of oxazole rings is 1. The average Bonchev–Trinajstić information content (AvgIpc) is 3.38. The number of anilines is 2. The molecule has 0 aliphatic carbocycles. The van der Waals surface area contributed by atoms with Crippen molar-refractivity contribution >= 4 is 23.2 Å². The van der Waals surface area contributed by atoms with Crippen molar-refractivity contribution in [2.45, 2.75) is 39.5 Å². The fourth-order valence-electron chi connectivity index (χ4n) is 3.54. The van der Waals surface area contributed by atoms with Crippen molar-refractivity contribution in [3.8, 4) is 11.3 Å². The zero-order valence-corrected chi connectivity index (χ0v) is 17.3. The van der Waals surface area contributed by atoms with Crippen molar-refractivity contribution in [2.75, 3.05) is 16.8 Å². The van der Waals surface area contributed by atoms with E-state index in [1.165, 1.54) is 11.1 Å². The van der Waals surface area contributed by atoms with Gasteiger partial charge in [0.15, 0.2) is 11.7 Å². The van der Waals surface area contributed by atoms with Crippen molar-refractivity contribution in [3.63, 3.8) is 0 Å². The molecule has 1 aliphatic rings. The molecule has 30 heavy (non-hydrogen) atoms. The highest BCUT2D eigenvalue weighted by Crippen LogP contribution is 2.24. The van der Waals surface area contributed by atoms with E-state index in [0.29, 0.717) is 30.2 Å². The quantitative estimate of drug-likeness (QED) is 0.650. The van der Waals surface area contributed by atoms with Crippen LogP contribution < -0.4 is 10.2 Å². The lowest BCUT2D eigenvalue weighted by Crippen LogP contribution is -2.23. The number of benzene rings is 2. The summed E-state index contributed by atoms with van der Waals surface area (Å²) in [7, 11) is 0. The van der Waals surface area contributed by atoms with Crippen LogP contribution >= 0.6 is 0 Å². The lowest BCUT2D eigenvalue weighted by Gasteiger charge is -2.16. The third kappa shape index (κ3) is 4.43. The molecule has 6 heteroatoms. The predicted molar refractivity (Wildman–Crippen MR) is 116 cm³/mol. The van der Waals surface area contributed by atoms with Crippen LogP contribution in [0.25, 0.3) is 11.3 Å². The fourth-order valence-corrected chi connectivity index (χ4v) is 3.54. The molecule has 0 spiro atoms. The molecular formula is C24H25N3O3. The summed E-state index contributed by atoms with van der Waals surface area (Å²) in [6.45, 7) is 4.89. The first kappa shape index (κ1) is 19.9. The predicted octanol–water partition coefficient (Wildman–Crippen LogP) is 4.66. The van der Waals surface area contributed by atoms with Crippen LogP contribution in [0.5, 0.6) is 0 Å². The molecule has 6 nitrogen and oxygen atoms in total. The average molecular weight is 403 g/mol. The van der Waals surface area contributed by atoms with E-state index in [9.17, 15) is 9.59 Å². The van der Waals surface area contributed by atoms with Crippen LogP contribution in [0.1, 0.15) is 36.3 Å². The lowest BCUT2D eigenvalue weighted by atomic mass is 10.1. The summed E-state index contributed by atoms with van der Waals surface area (Å²) in [5.41, 5.74) is 4.99. The Balaban J connectivity index is 1.31. The third-order valence-corrected chi connectivity index (χ3v) is 5.45. The van der Waals surface area contributed by atoms with Gasteiger partial charge in [0.1, 0.15) is 0 Å². The molecule has 1 aromatic heterocycles. The Morgan fingerprint density at radius 3 is 2.63 bits per heavy atom. The first-order valence-electron chi connectivity index (χ1n) is 10.2. The summed E-state index contributed by atoms with van der Waals surface area (Å²) in [5.74, 6) is 1.30. The highest BCUT2D eigenvalue weighted by atomic mass is 16.4. The number of nitrogens with one attached hydrogen (secondary N) is 1. The second kappa shape index (κ2) is 8.53. The maximum Gasteiger partial charge on any atom is 0.227 e. The van der Waals surface area contributed by atoms with Gasteiger partial charge >= 0.3 is 0 Å². The number of aromatic nitrogens is 1. The Bertz CT molecular complexity index is 1070. The Hall–Kier alpha value is -3.41. The molecule has 0 atom stereocenters. The minimum atomic E-state index is -0.106. The molecule has 154 valence electrons. The molecule has 3 aromatic rings. The van der Waals surface area contributed by atoms with Crippen molar-refractivity contribution < 1.29 is 14.0 Å². The normalized spacial score (nSPS) is 13.7. The van der Waals surface area contributed by atoms with Gasteiger partial charge < -0.3 is 14.6 Å². The van der Waals surface area contributed by atoms with E-state index >= 15 is 0 Å². The summed E-state index contributed by atoms with van der Waals surface area (Å²) in [6.07, 6.45) is 3.90. The van der Waals surface area contributed by atoms with Gasteiger partial charge in [0.2, 0.25) is 11.8 Å². The fraction of sp³-hybridized carbons (Fsp3) is 0.292. The molecule has 1 saturated heterocycles. The Morgan fingerprint density at radius 1 is 1.13 bits per heavy atom. The number of rotatable bonds is 6. The summed E-state index contributed by atoms with van der Waals surface area (Å²) in [6, 6.07) is 13.5. The van der Waals surface area contributed by atoms with Gasteiger partial charge in [-0.3, -0.25) is 9.59 Å². The number of carbonyl (C=O) groups is 2. The van der Waals surface area contributed by atoms with E-state index in [1.54, 1.807) is 11.1 Å². The molecule has 2 heterocycles. The van der Waals surface area contributed by atoms with Crippen LogP contribution in [0.3, 0.4) is 0 Å². The number of amides is 2. The molecular weight excluding hydrogens is 378 g/mol. The molecule has 1 aliphatic heterocycles. The van der Waals surface area contributed by atoms with Crippen molar-refractivity contribution in [2.24, 2.45) is 0 Å². The zero-order chi connectivity index (χ0) is 21.1. The molecule has 2 amide bonds. The van der Waals surface area contributed by atoms with E-state index in [2.05, 4.69) is 36.3 Å². The minimum absolute atomic E-state index is 0.106. The summed E-state index contributed by atoms with van der Waals surface area (Å²) >= 11 is 0. The SMILES string of the molecule is Cc1ccc(-c2cnc(CCC(=O)Nc3ccc(N4CCCC4=O)cc3)o2)cc1C. The van der Waals surface area contributed by atoms with E-state index < -0.39 is 0 Å². The van der Waals surface area contributed by atoms with Crippen molar-refractivity contribution in [1.29, 1.82) is 0 Å². The molecule has 0 unspecified atom stereocenters. The number of carbonyl (C=O) groups excluding carboxylic acids is 2. The van der Waals surface area contributed by atoms with Crippen LogP contribution in [0, 0.1) is 13.8 Å². The van der Waals surface area contributed by atoms with Gasteiger partial charge in [-0.2, -0.15) is 0 Å². The standard InChI is InChI=1S/C24H25N3O3/c1-16-5-6-18(14-17(16)2)21-15-25-23(30-21)12-11-22(28)26-19-7-9-20(10-8-19)27-13-3-4-24(27)29/h5-10,14-15H,3-4,11-13H2,1-2H3,(H,26,28). The van der Waals surface area contributed by atoms with Gasteiger partial charge in [-0.15, -0.1) is 0 Å². The van der Waals surface area contributed by atoms with Gasteiger partial charge in [0.25, 0.3) is 0 Å². The van der Waals surface area contributed by atoms with Crippen molar-refractivity contribution in [1.82, 2.24) is 4.98 Å². The monoisotopic (exact) mass is 403 g/mol. The highest BCUT2D eigenvalue weighted by molar-refractivity contribution is 5.96. The van der Waals surface area contributed by atoms with Crippen LogP contribution in [-0.2, 0) is 16.0 Å². The van der Waals surface area contributed by atoms with Crippen LogP contribution in [0.2, 0.25) is 0 Å². The lowest BCUT2D eigenvalue weighted by molar-refractivity contribution is -0.117. The Labute approximate surface area is 175 Å². The second-order valence-electron chi connectivity index (χ2n) is 7.66. The Morgan fingerprint density at radius 2 is 1.93 bits per heavy atom. The van der Waals surface area contributed by atoms with Gasteiger partial charge in [0.05, 0.1) is 6.20 Å². The highest BCUT2D eigenvalue weighted by Gasteiger charge is 2.21. The van der Waals surface area contributed by atoms with E-state index in [4.69, 9.17) is 4.42 Å². The first-order valence-corrected chi connectivity index (χ1v) is 10.2. The topological polar surface area (TPSA) is 75.4 Å². The third-order valence-electron chi connectivity index (χ3n) is 5.45. The Kier molecular flexibility index (Phi) is 5.65. The number of nitrogens with zero attached hydrogens (tertiary/aromatic N) is 2. The summed E-state index contributed by atoms with van der Waals surface area (Å²) in [5, 5.41) is 2.88. The van der Waals surface area contributed by atoms with Crippen LogP contribution in [0.4, 0.5) is 11.4 Å².